The van der Waals surface area contributed by atoms with Crippen LogP contribution in [0.4, 0.5) is 0 Å². The van der Waals surface area contributed by atoms with E-state index in [0.29, 0.717) is 38.8 Å². The number of amides is 1. The van der Waals surface area contributed by atoms with Crippen molar-refractivity contribution in [2.24, 2.45) is 17.8 Å². The van der Waals surface area contributed by atoms with E-state index in [1.165, 1.54) is 32.1 Å². The zero-order valence-corrected chi connectivity index (χ0v) is 17.6. The van der Waals surface area contributed by atoms with Gasteiger partial charge in [-0.1, -0.05) is 25.3 Å². The number of morpholine rings is 1. The zero-order chi connectivity index (χ0) is 20.7. The summed E-state index contributed by atoms with van der Waals surface area (Å²) in [5, 5.41) is 10.4. The summed E-state index contributed by atoms with van der Waals surface area (Å²) in [6.45, 7) is 3.85. The number of carbonyl (C=O) groups is 1. The van der Waals surface area contributed by atoms with Gasteiger partial charge in [0.05, 0.1) is 25.3 Å². The molecule has 0 radical (unpaired) electrons. The Morgan fingerprint density at radius 2 is 1.90 bits per heavy atom. The van der Waals surface area contributed by atoms with Crippen molar-refractivity contribution in [3.8, 4) is 0 Å². The van der Waals surface area contributed by atoms with Crippen LogP contribution in [0.5, 0.6) is 0 Å². The number of nitrogens with zero attached hydrogens (tertiary/aromatic N) is 3. The number of carbonyl (C=O) groups excluding carboxylic acids is 1. The van der Waals surface area contributed by atoms with Gasteiger partial charge in [-0.25, -0.2) is 0 Å². The summed E-state index contributed by atoms with van der Waals surface area (Å²) in [6, 6.07) is 5.21. The summed E-state index contributed by atoms with van der Waals surface area (Å²) in [6.07, 6.45) is 6.23. The predicted octanol–water partition coefficient (Wildman–Crippen LogP) is 1.25. The number of hydrogen-bond acceptors (Lipinski definition) is 5. The van der Waals surface area contributed by atoms with Crippen molar-refractivity contribution >= 4 is 5.91 Å². The van der Waals surface area contributed by atoms with Crippen molar-refractivity contribution in [3.05, 3.63) is 34.2 Å². The lowest BCUT2D eigenvalue weighted by Gasteiger charge is -2.38. The molecule has 1 aromatic heterocycles. The van der Waals surface area contributed by atoms with Gasteiger partial charge in [-0.3, -0.25) is 14.5 Å². The number of rotatable bonds is 4. The average molecular weight is 416 g/mol. The molecule has 1 saturated carbocycles. The number of aliphatic hydroxyl groups excluding tert-OH is 1. The molecule has 5 rings (SSSR count). The first-order valence-electron chi connectivity index (χ1n) is 11.6. The fourth-order valence-electron chi connectivity index (χ4n) is 6.38. The molecule has 4 heterocycles. The molecular formula is C23H33N3O4. The van der Waals surface area contributed by atoms with Crippen molar-refractivity contribution < 1.29 is 14.6 Å². The lowest BCUT2D eigenvalue weighted by atomic mass is 9.88. The van der Waals surface area contributed by atoms with Crippen LogP contribution in [0.1, 0.15) is 43.8 Å². The highest BCUT2D eigenvalue weighted by molar-refractivity contribution is 5.83. The van der Waals surface area contributed by atoms with E-state index in [4.69, 9.17) is 4.74 Å². The molecule has 4 aliphatic rings. The first-order chi connectivity index (χ1) is 14.7. The largest absolute Gasteiger partial charge is 0.396 e. The molecule has 30 heavy (non-hydrogen) atoms. The second-order valence-electron chi connectivity index (χ2n) is 9.44. The third-order valence-corrected chi connectivity index (χ3v) is 7.84. The smallest absolute Gasteiger partial charge is 0.250 e. The lowest BCUT2D eigenvalue weighted by Crippen LogP contribution is -2.53. The maximum absolute atomic E-state index is 13.7. The third-order valence-electron chi connectivity index (χ3n) is 7.84. The number of ether oxygens (including phenoxy) is 1. The van der Waals surface area contributed by atoms with Gasteiger partial charge in [0.2, 0.25) is 5.91 Å². The minimum absolute atomic E-state index is 0.0206. The lowest BCUT2D eigenvalue weighted by molar-refractivity contribution is -0.142. The van der Waals surface area contributed by atoms with Gasteiger partial charge in [0, 0.05) is 56.4 Å². The first kappa shape index (κ1) is 20.2. The van der Waals surface area contributed by atoms with Crippen molar-refractivity contribution in [3.63, 3.8) is 0 Å². The number of aromatic nitrogens is 1. The molecule has 7 nitrogen and oxygen atoms in total. The van der Waals surface area contributed by atoms with E-state index in [0.717, 1.165) is 12.2 Å². The Morgan fingerprint density at radius 1 is 1.13 bits per heavy atom. The van der Waals surface area contributed by atoms with E-state index >= 15 is 0 Å². The van der Waals surface area contributed by atoms with E-state index in [9.17, 15) is 14.7 Å². The van der Waals surface area contributed by atoms with E-state index in [1.54, 1.807) is 6.07 Å². The third kappa shape index (κ3) is 3.41. The summed E-state index contributed by atoms with van der Waals surface area (Å²) in [7, 11) is 0. The van der Waals surface area contributed by atoms with Crippen LogP contribution in [-0.2, 0) is 16.1 Å². The molecule has 0 bridgehead atoms. The fourth-order valence-corrected chi connectivity index (χ4v) is 6.38. The summed E-state index contributed by atoms with van der Waals surface area (Å²) in [5.74, 6) is 0.672. The molecule has 1 amide bonds. The molecule has 1 aromatic rings. The molecule has 1 aliphatic carbocycles. The van der Waals surface area contributed by atoms with Crippen molar-refractivity contribution in [2.45, 2.75) is 50.7 Å². The monoisotopic (exact) mass is 415 g/mol. The summed E-state index contributed by atoms with van der Waals surface area (Å²) >= 11 is 0. The standard InChI is InChI=1S/C23H33N3O4/c27-15-18-17-14-25-19(7-4-8-20(25)28)21(17)26(13-16-5-2-1-3-6-16)22(18)23(29)24-9-11-30-12-10-24/h4,7-8,16-18,21-22,27H,1-3,5-6,9-15H2/t17-,18-,21+,22-/m0/s1. The number of pyridine rings is 1. The number of aliphatic hydroxyl groups is 1. The van der Waals surface area contributed by atoms with Gasteiger partial charge in [0.1, 0.15) is 0 Å². The first-order valence-corrected chi connectivity index (χ1v) is 11.6. The zero-order valence-electron chi connectivity index (χ0n) is 17.6. The molecule has 7 heteroatoms. The Bertz CT molecular complexity index is 828. The van der Waals surface area contributed by atoms with Crippen molar-refractivity contribution in [2.75, 3.05) is 39.5 Å². The van der Waals surface area contributed by atoms with E-state index in [2.05, 4.69) is 4.90 Å². The summed E-state index contributed by atoms with van der Waals surface area (Å²) in [4.78, 5) is 30.5. The Labute approximate surface area is 177 Å². The minimum atomic E-state index is -0.311. The predicted molar refractivity (Wildman–Crippen MR) is 112 cm³/mol. The normalized spacial score (nSPS) is 32.2. The van der Waals surface area contributed by atoms with Crippen LogP contribution >= 0.6 is 0 Å². The van der Waals surface area contributed by atoms with E-state index < -0.39 is 0 Å². The maximum atomic E-state index is 13.7. The quantitative estimate of drug-likeness (QED) is 0.801. The Balaban J connectivity index is 1.50. The number of fused-ring (bicyclic) bond motifs is 3. The van der Waals surface area contributed by atoms with Crippen LogP contribution in [-0.4, -0.2) is 70.9 Å². The highest BCUT2D eigenvalue weighted by Gasteiger charge is 2.56. The van der Waals surface area contributed by atoms with Crippen molar-refractivity contribution in [1.29, 1.82) is 0 Å². The Morgan fingerprint density at radius 3 is 2.63 bits per heavy atom. The Kier molecular flexibility index (Phi) is 5.69. The second kappa shape index (κ2) is 8.44. The van der Waals surface area contributed by atoms with Gasteiger partial charge < -0.3 is 19.3 Å². The molecular weight excluding hydrogens is 382 g/mol. The van der Waals surface area contributed by atoms with E-state index in [-0.39, 0.29) is 42.0 Å². The van der Waals surface area contributed by atoms with Crippen LogP contribution in [0.2, 0.25) is 0 Å². The molecule has 3 aliphatic heterocycles. The molecule has 164 valence electrons. The van der Waals surface area contributed by atoms with Crippen LogP contribution in [0.3, 0.4) is 0 Å². The van der Waals surface area contributed by atoms with Gasteiger partial charge >= 0.3 is 0 Å². The maximum Gasteiger partial charge on any atom is 0.250 e. The van der Waals surface area contributed by atoms with Gasteiger partial charge in [-0.05, 0) is 24.8 Å². The fraction of sp³-hybridized carbons (Fsp3) is 0.739. The average Bonchev–Trinajstić information content (AvgIpc) is 3.30. The number of hydrogen-bond donors (Lipinski definition) is 1. The van der Waals surface area contributed by atoms with Gasteiger partial charge in [0.15, 0.2) is 0 Å². The molecule has 3 fully saturated rings. The summed E-state index contributed by atoms with van der Waals surface area (Å²) in [5.41, 5.74) is 1.03. The SMILES string of the molecule is O=C([C@@H]1[C@@H](CO)[C@@H]2Cn3c(cccc3=O)[C@@H]2N1CC1CCCCC1)N1CCOCC1. The highest BCUT2D eigenvalue weighted by Crippen LogP contribution is 2.50. The van der Waals surface area contributed by atoms with Crippen LogP contribution < -0.4 is 5.56 Å². The van der Waals surface area contributed by atoms with Crippen molar-refractivity contribution in [1.82, 2.24) is 14.4 Å². The second-order valence-corrected chi connectivity index (χ2v) is 9.44. The van der Waals surface area contributed by atoms with Crippen LogP contribution in [0, 0.1) is 17.8 Å². The van der Waals surface area contributed by atoms with Gasteiger partial charge in [-0.2, -0.15) is 0 Å². The number of likely N-dealkylation sites (tertiary alicyclic amines) is 1. The topological polar surface area (TPSA) is 75.0 Å². The van der Waals surface area contributed by atoms with Gasteiger partial charge in [0.25, 0.3) is 5.56 Å². The highest BCUT2D eigenvalue weighted by atomic mass is 16.5. The Hall–Kier alpha value is -1.70. The van der Waals surface area contributed by atoms with Crippen LogP contribution in [0.25, 0.3) is 0 Å². The molecule has 0 aromatic carbocycles. The molecule has 1 N–H and O–H groups in total. The molecule has 0 spiro atoms. The van der Waals surface area contributed by atoms with Crippen LogP contribution in [0.15, 0.2) is 23.0 Å². The minimum Gasteiger partial charge on any atom is -0.396 e. The van der Waals surface area contributed by atoms with Gasteiger partial charge in [-0.15, -0.1) is 0 Å². The molecule has 0 unspecified atom stereocenters. The molecule has 4 atom stereocenters. The summed E-state index contributed by atoms with van der Waals surface area (Å²) < 4.78 is 7.32. The van der Waals surface area contributed by atoms with E-state index in [1.807, 2.05) is 21.6 Å². The molecule has 2 saturated heterocycles.